The molecule has 1 aliphatic heterocycles. The summed E-state index contributed by atoms with van der Waals surface area (Å²) in [7, 11) is 1.74. The third-order valence-electron chi connectivity index (χ3n) is 4.68. The summed E-state index contributed by atoms with van der Waals surface area (Å²) < 4.78 is 5.14. The first-order valence-electron chi connectivity index (χ1n) is 7.97. The molecule has 0 aromatic carbocycles. The summed E-state index contributed by atoms with van der Waals surface area (Å²) in [5.74, 6) is 0.339. The van der Waals surface area contributed by atoms with Gasteiger partial charge in [0.15, 0.2) is 0 Å². The van der Waals surface area contributed by atoms with Crippen LogP contribution < -0.4 is 11.1 Å². The Morgan fingerprint density at radius 2 is 2.20 bits per heavy atom. The number of nitrogens with one attached hydrogen (secondary N) is 1. The molecule has 1 heterocycles. The number of nitrogens with zero attached hydrogens (tertiary/aromatic N) is 1. The number of ether oxygens (including phenoxy) is 1. The lowest BCUT2D eigenvalue weighted by Crippen LogP contribution is -2.44. The number of hydrogen-bond acceptors (Lipinski definition) is 4. The third-order valence-corrected chi connectivity index (χ3v) is 4.68. The highest BCUT2D eigenvalue weighted by Gasteiger charge is 2.28. The third kappa shape index (κ3) is 4.43. The lowest BCUT2D eigenvalue weighted by atomic mass is 9.85. The number of carbonyl (C=O) groups excluding carboxylic acids is 1. The van der Waals surface area contributed by atoms with Gasteiger partial charge in [0.2, 0.25) is 5.91 Å². The van der Waals surface area contributed by atoms with E-state index in [1.807, 2.05) is 0 Å². The van der Waals surface area contributed by atoms with Gasteiger partial charge in [-0.15, -0.1) is 0 Å². The van der Waals surface area contributed by atoms with E-state index in [-0.39, 0.29) is 17.9 Å². The van der Waals surface area contributed by atoms with Gasteiger partial charge in [0.25, 0.3) is 0 Å². The van der Waals surface area contributed by atoms with E-state index in [4.69, 9.17) is 10.5 Å². The fourth-order valence-corrected chi connectivity index (χ4v) is 3.46. The molecule has 1 saturated heterocycles. The van der Waals surface area contributed by atoms with Crippen LogP contribution in [0.1, 0.15) is 38.5 Å². The Morgan fingerprint density at radius 3 is 2.95 bits per heavy atom. The molecular weight excluding hydrogens is 254 g/mol. The van der Waals surface area contributed by atoms with Crippen LogP contribution in [0.2, 0.25) is 0 Å². The van der Waals surface area contributed by atoms with E-state index < -0.39 is 0 Å². The molecule has 0 radical (unpaired) electrons. The summed E-state index contributed by atoms with van der Waals surface area (Å²) in [6, 6.07) is 0.690. The SMILES string of the molecule is COCCN1CCCC1CNC(=O)C1CCCC(N)C1. The average Bonchev–Trinajstić information content (AvgIpc) is 2.90. The summed E-state index contributed by atoms with van der Waals surface area (Å²) in [5, 5.41) is 3.14. The summed E-state index contributed by atoms with van der Waals surface area (Å²) in [4.78, 5) is 14.6. The maximum atomic E-state index is 12.2. The number of methoxy groups -OCH3 is 1. The topological polar surface area (TPSA) is 67.6 Å². The van der Waals surface area contributed by atoms with Gasteiger partial charge in [0, 0.05) is 38.2 Å². The zero-order valence-electron chi connectivity index (χ0n) is 12.6. The van der Waals surface area contributed by atoms with Crippen molar-refractivity contribution in [3.05, 3.63) is 0 Å². The minimum absolute atomic E-state index is 0.132. The molecule has 1 amide bonds. The van der Waals surface area contributed by atoms with Crippen LogP contribution in [0.3, 0.4) is 0 Å². The van der Waals surface area contributed by atoms with Gasteiger partial charge in [-0.25, -0.2) is 0 Å². The van der Waals surface area contributed by atoms with Crippen LogP contribution in [0, 0.1) is 5.92 Å². The second-order valence-corrected chi connectivity index (χ2v) is 6.19. The average molecular weight is 283 g/mol. The molecule has 3 unspecified atom stereocenters. The Morgan fingerprint density at radius 1 is 1.35 bits per heavy atom. The monoisotopic (exact) mass is 283 g/mol. The highest BCUT2D eigenvalue weighted by atomic mass is 16.5. The molecule has 0 aromatic rings. The molecule has 1 saturated carbocycles. The Bertz CT molecular complexity index is 311. The van der Waals surface area contributed by atoms with Crippen LogP contribution in [0.25, 0.3) is 0 Å². The number of rotatable bonds is 6. The first kappa shape index (κ1) is 15.7. The lowest BCUT2D eigenvalue weighted by Gasteiger charge is -2.28. The Kier molecular flexibility index (Phi) is 6.26. The molecule has 2 fully saturated rings. The van der Waals surface area contributed by atoms with Crippen molar-refractivity contribution < 1.29 is 9.53 Å². The molecule has 5 nitrogen and oxygen atoms in total. The Balaban J connectivity index is 1.72. The molecule has 3 atom stereocenters. The predicted molar refractivity (Wildman–Crippen MR) is 79.4 cm³/mol. The molecule has 0 aromatic heterocycles. The molecule has 20 heavy (non-hydrogen) atoms. The van der Waals surface area contributed by atoms with Crippen LogP contribution in [-0.4, -0.2) is 56.2 Å². The van der Waals surface area contributed by atoms with E-state index in [9.17, 15) is 4.79 Å². The van der Waals surface area contributed by atoms with Crippen LogP contribution in [0.5, 0.6) is 0 Å². The van der Waals surface area contributed by atoms with Crippen molar-refractivity contribution in [3.63, 3.8) is 0 Å². The highest BCUT2D eigenvalue weighted by molar-refractivity contribution is 5.78. The fraction of sp³-hybridized carbons (Fsp3) is 0.933. The molecular formula is C15H29N3O2. The van der Waals surface area contributed by atoms with Crippen molar-refractivity contribution in [2.24, 2.45) is 11.7 Å². The standard InChI is InChI=1S/C15H29N3O2/c1-20-9-8-18-7-3-6-14(18)11-17-15(19)12-4-2-5-13(16)10-12/h12-14H,2-11,16H2,1H3,(H,17,19). The quantitative estimate of drug-likeness (QED) is 0.754. The predicted octanol–water partition coefficient (Wildman–Crippen LogP) is 0.731. The molecule has 0 spiro atoms. The Hall–Kier alpha value is -0.650. The van der Waals surface area contributed by atoms with Gasteiger partial charge in [-0.05, 0) is 38.6 Å². The van der Waals surface area contributed by atoms with E-state index in [0.717, 1.165) is 51.9 Å². The van der Waals surface area contributed by atoms with Gasteiger partial charge in [0.1, 0.15) is 0 Å². The minimum atomic E-state index is 0.132. The van der Waals surface area contributed by atoms with Crippen LogP contribution in [-0.2, 0) is 9.53 Å². The second-order valence-electron chi connectivity index (χ2n) is 6.19. The maximum absolute atomic E-state index is 12.2. The summed E-state index contributed by atoms with van der Waals surface area (Å²) >= 11 is 0. The molecule has 5 heteroatoms. The Labute approximate surface area is 122 Å². The molecule has 2 rings (SSSR count). The highest BCUT2D eigenvalue weighted by Crippen LogP contribution is 2.23. The fourth-order valence-electron chi connectivity index (χ4n) is 3.46. The number of likely N-dealkylation sites (tertiary alicyclic amines) is 1. The molecule has 3 N–H and O–H groups in total. The molecule has 116 valence electrons. The van der Waals surface area contributed by atoms with Gasteiger partial charge >= 0.3 is 0 Å². The lowest BCUT2D eigenvalue weighted by molar-refractivity contribution is -0.126. The van der Waals surface area contributed by atoms with Crippen LogP contribution in [0.15, 0.2) is 0 Å². The van der Waals surface area contributed by atoms with Gasteiger partial charge in [-0.1, -0.05) is 6.42 Å². The van der Waals surface area contributed by atoms with E-state index in [0.29, 0.717) is 6.04 Å². The van der Waals surface area contributed by atoms with Crippen molar-refractivity contribution in [2.75, 3.05) is 33.4 Å². The molecule has 2 aliphatic rings. The first-order chi connectivity index (χ1) is 9.70. The zero-order valence-corrected chi connectivity index (χ0v) is 12.6. The minimum Gasteiger partial charge on any atom is -0.383 e. The number of amides is 1. The number of nitrogens with two attached hydrogens (primary N) is 1. The van der Waals surface area contributed by atoms with E-state index in [1.54, 1.807) is 7.11 Å². The van der Waals surface area contributed by atoms with Gasteiger partial charge in [-0.3, -0.25) is 9.69 Å². The summed E-state index contributed by atoms with van der Waals surface area (Å²) in [5.41, 5.74) is 5.96. The zero-order chi connectivity index (χ0) is 14.4. The number of hydrogen-bond donors (Lipinski definition) is 2. The van der Waals surface area contributed by atoms with E-state index in [2.05, 4.69) is 10.2 Å². The van der Waals surface area contributed by atoms with Gasteiger partial charge < -0.3 is 15.8 Å². The molecule has 1 aliphatic carbocycles. The van der Waals surface area contributed by atoms with Gasteiger partial charge in [0.05, 0.1) is 6.61 Å². The normalized spacial score (nSPS) is 31.4. The summed E-state index contributed by atoms with van der Waals surface area (Å²) in [6.45, 7) is 3.62. The van der Waals surface area contributed by atoms with E-state index in [1.165, 1.54) is 12.8 Å². The van der Waals surface area contributed by atoms with Crippen molar-refractivity contribution in [1.82, 2.24) is 10.2 Å². The van der Waals surface area contributed by atoms with Crippen LogP contribution in [0.4, 0.5) is 0 Å². The maximum Gasteiger partial charge on any atom is 0.223 e. The smallest absolute Gasteiger partial charge is 0.223 e. The largest absolute Gasteiger partial charge is 0.383 e. The number of carbonyl (C=O) groups is 1. The van der Waals surface area contributed by atoms with Crippen molar-refractivity contribution in [1.29, 1.82) is 0 Å². The first-order valence-corrected chi connectivity index (χ1v) is 7.97. The molecule has 0 bridgehead atoms. The van der Waals surface area contributed by atoms with E-state index >= 15 is 0 Å². The van der Waals surface area contributed by atoms with Crippen LogP contribution >= 0.6 is 0 Å². The van der Waals surface area contributed by atoms with Gasteiger partial charge in [-0.2, -0.15) is 0 Å². The second kappa shape index (κ2) is 7.96. The van der Waals surface area contributed by atoms with Crippen molar-refractivity contribution >= 4 is 5.91 Å². The van der Waals surface area contributed by atoms with Crippen molar-refractivity contribution in [3.8, 4) is 0 Å². The summed E-state index contributed by atoms with van der Waals surface area (Å²) in [6.07, 6.45) is 6.40. The van der Waals surface area contributed by atoms with Crippen molar-refractivity contribution in [2.45, 2.75) is 50.6 Å².